The van der Waals surface area contributed by atoms with Crippen LogP contribution < -0.4 is 0 Å². The van der Waals surface area contributed by atoms with Crippen LogP contribution >= 0.6 is 0 Å². The highest BCUT2D eigenvalue weighted by Gasteiger charge is 2.12. The maximum Gasteiger partial charge on any atom is 0.336 e. The zero-order chi connectivity index (χ0) is 19.9. The lowest BCUT2D eigenvalue weighted by Gasteiger charge is -2.08. The highest BCUT2D eigenvalue weighted by molar-refractivity contribution is 5.95. The molecule has 0 saturated heterocycles. The van der Waals surface area contributed by atoms with Crippen LogP contribution in [0.25, 0.3) is 11.1 Å². The van der Waals surface area contributed by atoms with Gasteiger partial charge in [-0.3, -0.25) is 0 Å². The van der Waals surface area contributed by atoms with Crippen LogP contribution in [0.5, 0.6) is 0 Å². The van der Waals surface area contributed by atoms with E-state index in [2.05, 4.69) is 18.1 Å². The van der Waals surface area contributed by atoms with Gasteiger partial charge in [-0.25, -0.2) is 14.5 Å². The summed E-state index contributed by atoms with van der Waals surface area (Å²) in [7, 11) is 0. The predicted molar refractivity (Wildman–Crippen MR) is 110 cm³/mol. The van der Waals surface area contributed by atoms with Gasteiger partial charge in [0.15, 0.2) is 5.82 Å². The molecule has 0 radical (unpaired) electrons. The molecule has 0 saturated carbocycles. The van der Waals surface area contributed by atoms with Crippen molar-refractivity contribution in [2.24, 2.45) is 0 Å². The number of aromatic nitrogens is 3. The van der Waals surface area contributed by atoms with Crippen LogP contribution in [0.2, 0.25) is 0 Å². The van der Waals surface area contributed by atoms with Crippen LogP contribution in [0.4, 0.5) is 0 Å². The molecule has 1 aromatic heterocycles. The Morgan fingerprint density at radius 3 is 2.57 bits per heavy atom. The van der Waals surface area contributed by atoms with E-state index in [-0.39, 0.29) is 0 Å². The van der Waals surface area contributed by atoms with Crippen LogP contribution in [0.15, 0.2) is 60.7 Å². The summed E-state index contributed by atoms with van der Waals surface area (Å²) >= 11 is 0. The first-order valence-corrected chi connectivity index (χ1v) is 9.57. The average Bonchev–Trinajstić information content (AvgIpc) is 3.08. The molecule has 0 spiro atoms. The second kappa shape index (κ2) is 9.13. The number of nitrogens with zero attached hydrogens (tertiary/aromatic N) is 3. The monoisotopic (exact) mass is 375 g/mol. The first kappa shape index (κ1) is 19.5. The summed E-state index contributed by atoms with van der Waals surface area (Å²) in [4.78, 5) is 16.2. The molecule has 0 amide bonds. The Balaban J connectivity index is 1.84. The van der Waals surface area contributed by atoms with Gasteiger partial charge in [0.05, 0.1) is 12.1 Å². The van der Waals surface area contributed by atoms with Gasteiger partial charge in [0.2, 0.25) is 0 Å². The number of rotatable bonds is 8. The van der Waals surface area contributed by atoms with Gasteiger partial charge in [0.1, 0.15) is 5.82 Å². The summed E-state index contributed by atoms with van der Waals surface area (Å²) < 4.78 is 1.96. The molecule has 5 nitrogen and oxygen atoms in total. The number of aromatic carboxylic acids is 1. The van der Waals surface area contributed by atoms with E-state index in [1.807, 2.05) is 54.1 Å². The Labute approximate surface area is 165 Å². The Kier molecular flexibility index (Phi) is 6.37. The van der Waals surface area contributed by atoms with E-state index in [1.54, 1.807) is 12.1 Å². The normalized spacial score (nSPS) is 11.2. The second-order valence-corrected chi connectivity index (χ2v) is 6.67. The van der Waals surface area contributed by atoms with E-state index in [1.165, 1.54) is 0 Å². The minimum atomic E-state index is -0.916. The Morgan fingerprint density at radius 2 is 1.89 bits per heavy atom. The van der Waals surface area contributed by atoms with E-state index in [0.29, 0.717) is 18.5 Å². The van der Waals surface area contributed by atoms with E-state index >= 15 is 0 Å². The van der Waals surface area contributed by atoms with Crippen molar-refractivity contribution in [2.45, 2.75) is 39.7 Å². The Morgan fingerprint density at radius 1 is 1.14 bits per heavy atom. The molecule has 5 heteroatoms. The third-order valence-electron chi connectivity index (χ3n) is 4.56. The number of carbonyl (C=O) groups is 1. The molecule has 0 fully saturated rings. The third kappa shape index (κ3) is 4.55. The fraction of sp³-hybridized carbons (Fsp3) is 0.261. The van der Waals surface area contributed by atoms with Crippen LogP contribution in [0.1, 0.15) is 47.8 Å². The molecular formula is C23H25N3O2. The summed E-state index contributed by atoms with van der Waals surface area (Å²) in [5.41, 5.74) is 3.05. The summed E-state index contributed by atoms with van der Waals surface area (Å²) in [5.74, 6) is 0.912. The highest BCUT2D eigenvalue weighted by atomic mass is 16.4. The highest BCUT2D eigenvalue weighted by Crippen LogP contribution is 2.24. The maximum absolute atomic E-state index is 11.5. The van der Waals surface area contributed by atoms with Crippen molar-refractivity contribution in [1.82, 2.24) is 14.8 Å². The van der Waals surface area contributed by atoms with E-state index in [9.17, 15) is 9.90 Å². The molecular weight excluding hydrogens is 350 g/mol. The molecule has 28 heavy (non-hydrogen) atoms. The largest absolute Gasteiger partial charge is 0.478 e. The zero-order valence-electron chi connectivity index (χ0n) is 16.3. The molecule has 2 aromatic carbocycles. The Hall–Kier alpha value is -3.21. The number of allylic oxidation sites excluding steroid dienone is 2. The standard InChI is InChI=1S/C23H25N3O2/c1-3-5-15-26-22(24-21(25-26)8-4-2)16-17-11-13-18(14-12-17)19-9-6-7-10-20(19)23(27)28/h3,5-7,9-14H,4,8,15-16H2,1-2H3,(H,27,28). The third-order valence-corrected chi connectivity index (χ3v) is 4.56. The lowest BCUT2D eigenvalue weighted by molar-refractivity contribution is 0.0697. The summed E-state index contributed by atoms with van der Waals surface area (Å²) in [5, 5.41) is 14.0. The van der Waals surface area contributed by atoms with Gasteiger partial charge in [-0.05, 0) is 36.1 Å². The van der Waals surface area contributed by atoms with Crippen LogP contribution in [0, 0.1) is 0 Å². The minimum Gasteiger partial charge on any atom is -0.478 e. The number of carboxylic acid groups (broad SMARTS) is 1. The lowest BCUT2D eigenvalue weighted by atomic mass is 9.98. The second-order valence-electron chi connectivity index (χ2n) is 6.67. The molecule has 3 aromatic rings. The van der Waals surface area contributed by atoms with Crippen molar-refractivity contribution in [2.75, 3.05) is 0 Å². The van der Waals surface area contributed by atoms with Gasteiger partial charge >= 0.3 is 5.97 Å². The smallest absolute Gasteiger partial charge is 0.336 e. The van der Waals surface area contributed by atoms with Gasteiger partial charge in [0.25, 0.3) is 0 Å². The molecule has 0 bridgehead atoms. The molecule has 144 valence electrons. The number of benzene rings is 2. The van der Waals surface area contributed by atoms with Crippen molar-refractivity contribution in [3.63, 3.8) is 0 Å². The van der Waals surface area contributed by atoms with E-state index < -0.39 is 5.97 Å². The van der Waals surface area contributed by atoms with Crippen LogP contribution in [-0.4, -0.2) is 25.8 Å². The van der Waals surface area contributed by atoms with Gasteiger partial charge in [0, 0.05) is 12.8 Å². The first-order valence-electron chi connectivity index (χ1n) is 9.57. The fourth-order valence-corrected chi connectivity index (χ4v) is 3.14. The molecule has 0 aliphatic carbocycles. The van der Waals surface area contributed by atoms with Crippen LogP contribution in [0.3, 0.4) is 0 Å². The summed E-state index contributed by atoms with van der Waals surface area (Å²) in [6.07, 6.45) is 6.67. The molecule has 0 aliphatic heterocycles. The van der Waals surface area contributed by atoms with Gasteiger partial charge < -0.3 is 5.11 Å². The lowest BCUT2D eigenvalue weighted by Crippen LogP contribution is -2.05. The van der Waals surface area contributed by atoms with Gasteiger partial charge in [-0.2, -0.15) is 5.10 Å². The van der Waals surface area contributed by atoms with E-state index in [0.717, 1.165) is 41.2 Å². The van der Waals surface area contributed by atoms with Gasteiger partial charge in [-0.15, -0.1) is 0 Å². The topological polar surface area (TPSA) is 68.0 Å². The van der Waals surface area contributed by atoms with Crippen LogP contribution in [-0.2, 0) is 19.4 Å². The molecule has 3 rings (SSSR count). The average molecular weight is 375 g/mol. The predicted octanol–water partition coefficient (Wildman–Crippen LogP) is 4.76. The molecule has 1 heterocycles. The van der Waals surface area contributed by atoms with Crippen molar-refractivity contribution >= 4 is 5.97 Å². The minimum absolute atomic E-state index is 0.311. The first-order chi connectivity index (χ1) is 13.6. The molecule has 1 N–H and O–H groups in total. The van der Waals surface area contributed by atoms with Crippen molar-refractivity contribution in [1.29, 1.82) is 0 Å². The Bertz CT molecular complexity index is 972. The van der Waals surface area contributed by atoms with E-state index in [4.69, 9.17) is 4.98 Å². The zero-order valence-corrected chi connectivity index (χ0v) is 16.3. The quantitative estimate of drug-likeness (QED) is 0.576. The van der Waals surface area contributed by atoms with Crippen molar-refractivity contribution in [3.05, 3.63) is 83.5 Å². The number of hydrogen-bond donors (Lipinski definition) is 1. The fourth-order valence-electron chi connectivity index (χ4n) is 3.14. The van der Waals surface area contributed by atoms with Crippen molar-refractivity contribution < 1.29 is 9.90 Å². The maximum atomic E-state index is 11.5. The SMILES string of the molecule is CC=CCn1nc(CCC)nc1Cc1ccc(-c2ccccc2C(=O)O)cc1. The van der Waals surface area contributed by atoms with Crippen molar-refractivity contribution in [3.8, 4) is 11.1 Å². The molecule has 0 atom stereocenters. The van der Waals surface area contributed by atoms with Gasteiger partial charge in [-0.1, -0.05) is 61.5 Å². The summed E-state index contributed by atoms with van der Waals surface area (Å²) in [6, 6.07) is 15.1. The summed E-state index contributed by atoms with van der Waals surface area (Å²) in [6.45, 7) is 4.84. The number of aryl methyl sites for hydroxylation is 1. The number of hydrogen-bond acceptors (Lipinski definition) is 3. The molecule has 0 aliphatic rings. The molecule has 0 unspecified atom stereocenters. The number of carboxylic acids is 1.